The first kappa shape index (κ1) is 15.7. The number of halogens is 1. The largest absolute Gasteiger partial charge is 0.293 e. The highest BCUT2D eigenvalue weighted by atomic mass is 35.5. The summed E-state index contributed by atoms with van der Waals surface area (Å²) in [5, 5.41) is 3.68. The summed E-state index contributed by atoms with van der Waals surface area (Å²) >= 11 is 5.90. The Labute approximate surface area is 140 Å². The molecule has 3 aromatic rings. The second-order valence-electron chi connectivity index (χ2n) is 5.12. The highest BCUT2D eigenvalue weighted by Crippen LogP contribution is 2.21. The summed E-state index contributed by atoms with van der Waals surface area (Å²) in [6.07, 6.45) is 3.44. The van der Waals surface area contributed by atoms with Crippen molar-refractivity contribution in [3.8, 4) is 16.9 Å². The van der Waals surface area contributed by atoms with E-state index in [1.54, 1.807) is 30.7 Å². The molecular formula is C16H15ClN4OS. The number of aryl methyl sites for hydroxylation is 1. The number of rotatable bonds is 3. The molecular weight excluding hydrogens is 332 g/mol. The molecule has 1 aromatic carbocycles. The molecule has 2 heterocycles. The molecule has 23 heavy (non-hydrogen) atoms. The van der Waals surface area contributed by atoms with Crippen molar-refractivity contribution >= 4 is 22.3 Å². The smallest absolute Gasteiger partial charge is 0.280 e. The van der Waals surface area contributed by atoms with Crippen molar-refractivity contribution in [2.75, 3.05) is 6.26 Å². The Morgan fingerprint density at radius 1 is 1.22 bits per heavy atom. The predicted molar refractivity (Wildman–Crippen MR) is 93.6 cm³/mol. The van der Waals surface area contributed by atoms with Crippen LogP contribution in [0.15, 0.2) is 52.3 Å². The van der Waals surface area contributed by atoms with E-state index >= 15 is 0 Å². The maximum absolute atomic E-state index is 12.7. The second-order valence-corrected chi connectivity index (χ2v) is 7.05. The van der Waals surface area contributed by atoms with Gasteiger partial charge < -0.3 is 0 Å². The fourth-order valence-corrected chi connectivity index (χ4v) is 2.96. The molecule has 5 nitrogen and oxygen atoms in total. The summed E-state index contributed by atoms with van der Waals surface area (Å²) in [5.74, 6) is 0.507. The third kappa shape index (κ3) is 3.00. The van der Waals surface area contributed by atoms with Gasteiger partial charge in [-0.15, -0.1) is 0 Å². The van der Waals surface area contributed by atoms with Crippen molar-refractivity contribution in [2.45, 2.75) is 11.8 Å². The molecule has 0 saturated heterocycles. The minimum absolute atomic E-state index is 0.161. The average molecular weight is 347 g/mol. The molecule has 2 aromatic heterocycles. The molecule has 2 N–H and O–H groups in total. The van der Waals surface area contributed by atoms with Crippen LogP contribution in [-0.2, 0) is 10.7 Å². The highest BCUT2D eigenvalue weighted by molar-refractivity contribution is 7.85. The molecule has 7 heteroatoms. The van der Waals surface area contributed by atoms with E-state index < -0.39 is 10.7 Å². The van der Waals surface area contributed by atoms with Gasteiger partial charge in [0.15, 0.2) is 5.82 Å². The number of aromatic nitrogens is 3. The summed E-state index contributed by atoms with van der Waals surface area (Å²) in [4.78, 5) is 17.8. The van der Waals surface area contributed by atoms with Crippen LogP contribution in [0.3, 0.4) is 0 Å². The minimum atomic E-state index is -0.603. The first-order chi connectivity index (χ1) is 11.0. The molecule has 0 radical (unpaired) electrons. The van der Waals surface area contributed by atoms with Crippen LogP contribution in [-0.4, -0.2) is 21.0 Å². The van der Waals surface area contributed by atoms with Gasteiger partial charge in [-0.25, -0.2) is 9.67 Å². The molecule has 0 amide bonds. The number of hydrogen-bond acceptors (Lipinski definition) is 3. The van der Waals surface area contributed by atoms with E-state index in [1.165, 1.54) is 4.68 Å². The number of pyridine rings is 1. The fourth-order valence-electron chi connectivity index (χ4n) is 2.35. The summed E-state index contributed by atoms with van der Waals surface area (Å²) in [6.45, 7) is 1.85. The minimum Gasteiger partial charge on any atom is -0.293 e. The number of benzene rings is 1. The zero-order chi connectivity index (χ0) is 16.6. The van der Waals surface area contributed by atoms with E-state index in [1.807, 2.05) is 25.1 Å². The van der Waals surface area contributed by atoms with Crippen LogP contribution in [0.25, 0.3) is 16.9 Å². The van der Waals surface area contributed by atoms with E-state index in [-0.39, 0.29) is 5.56 Å². The monoisotopic (exact) mass is 346 g/mol. The SMILES string of the molecule is Cc1[nH]n(-c2ccc(S(C)=N)cn2)c(=O)c1-c1ccc(Cl)cc1. The molecule has 0 aliphatic rings. The quantitative estimate of drug-likeness (QED) is 0.760. The average Bonchev–Trinajstić information content (AvgIpc) is 2.83. The zero-order valence-corrected chi connectivity index (χ0v) is 14.2. The first-order valence-corrected chi connectivity index (χ1v) is 8.89. The maximum atomic E-state index is 12.7. The molecule has 0 fully saturated rings. The van der Waals surface area contributed by atoms with Crippen LogP contribution in [0.4, 0.5) is 0 Å². The van der Waals surface area contributed by atoms with Crippen molar-refractivity contribution in [3.05, 3.63) is 63.7 Å². The Hall–Kier alpha value is -2.18. The highest BCUT2D eigenvalue weighted by Gasteiger charge is 2.15. The Kier molecular flexibility index (Phi) is 4.19. The number of aromatic amines is 1. The van der Waals surface area contributed by atoms with Crippen molar-refractivity contribution in [3.63, 3.8) is 0 Å². The number of nitrogens with one attached hydrogen (secondary N) is 2. The molecule has 3 rings (SSSR count). The van der Waals surface area contributed by atoms with Crippen molar-refractivity contribution in [1.82, 2.24) is 14.8 Å². The zero-order valence-electron chi connectivity index (χ0n) is 12.6. The van der Waals surface area contributed by atoms with E-state index in [9.17, 15) is 4.79 Å². The molecule has 1 atom stereocenters. The summed E-state index contributed by atoms with van der Waals surface area (Å²) in [7, 11) is -0.603. The van der Waals surface area contributed by atoms with Gasteiger partial charge in [0.1, 0.15) is 0 Å². The lowest BCUT2D eigenvalue weighted by molar-refractivity contribution is 0.804. The predicted octanol–water partition coefficient (Wildman–Crippen LogP) is 3.56. The van der Waals surface area contributed by atoms with Gasteiger partial charge in [0.2, 0.25) is 0 Å². The summed E-state index contributed by atoms with van der Waals surface area (Å²) in [5.41, 5.74) is 2.01. The Morgan fingerprint density at radius 2 is 1.91 bits per heavy atom. The molecule has 0 aliphatic carbocycles. The summed E-state index contributed by atoms with van der Waals surface area (Å²) < 4.78 is 9.12. The first-order valence-electron chi connectivity index (χ1n) is 6.88. The number of hydrogen-bond donors (Lipinski definition) is 2. The van der Waals surface area contributed by atoms with Gasteiger partial charge in [-0.2, -0.15) is 0 Å². The van der Waals surface area contributed by atoms with Gasteiger partial charge in [0.25, 0.3) is 5.56 Å². The number of nitrogens with zero attached hydrogens (tertiary/aromatic N) is 2. The van der Waals surface area contributed by atoms with Crippen LogP contribution in [0, 0.1) is 11.7 Å². The van der Waals surface area contributed by atoms with Gasteiger partial charge in [-0.05, 0) is 43.0 Å². The molecule has 118 valence electrons. The van der Waals surface area contributed by atoms with E-state index in [0.717, 1.165) is 16.2 Å². The lowest BCUT2D eigenvalue weighted by Gasteiger charge is -2.02. The summed E-state index contributed by atoms with van der Waals surface area (Å²) in [6, 6.07) is 10.7. The van der Waals surface area contributed by atoms with Gasteiger partial charge in [-0.1, -0.05) is 34.4 Å². The Balaban J connectivity index is 2.09. The molecule has 0 saturated carbocycles. The standard InChI is InChI=1S/C16H15ClN4OS/c1-10-15(11-3-5-12(17)6-4-11)16(22)21(20-10)14-8-7-13(9-19-14)23(2)18/h3-9,18,20H,1-2H3. The third-order valence-electron chi connectivity index (χ3n) is 3.51. The van der Waals surface area contributed by atoms with Crippen molar-refractivity contribution in [2.24, 2.45) is 0 Å². The van der Waals surface area contributed by atoms with Gasteiger partial charge in [-0.3, -0.25) is 14.7 Å². The Morgan fingerprint density at radius 3 is 2.48 bits per heavy atom. The normalized spacial score (nSPS) is 12.3. The molecule has 0 bridgehead atoms. The van der Waals surface area contributed by atoms with Crippen LogP contribution < -0.4 is 5.56 Å². The van der Waals surface area contributed by atoms with Crippen LogP contribution in [0.5, 0.6) is 0 Å². The van der Waals surface area contributed by atoms with Crippen molar-refractivity contribution < 1.29 is 0 Å². The van der Waals surface area contributed by atoms with Crippen molar-refractivity contribution in [1.29, 1.82) is 4.78 Å². The maximum Gasteiger partial charge on any atom is 0.280 e. The van der Waals surface area contributed by atoms with Gasteiger partial charge in [0.05, 0.1) is 5.56 Å². The molecule has 1 unspecified atom stereocenters. The van der Waals surface area contributed by atoms with Crippen LogP contribution >= 0.6 is 11.6 Å². The molecule has 0 spiro atoms. The van der Waals surface area contributed by atoms with Gasteiger partial charge in [0, 0.05) is 21.8 Å². The second kappa shape index (κ2) is 6.14. The van der Waals surface area contributed by atoms with E-state index in [0.29, 0.717) is 16.4 Å². The van der Waals surface area contributed by atoms with Gasteiger partial charge >= 0.3 is 0 Å². The topological polar surface area (TPSA) is 74.5 Å². The third-order valence-corrected chi connectivity index (χ3v) is 4.71. The van der Waals surface area contributed by atoms with E-state index in [4.69, 9.17) is 16.4 Å². The lowest BCUT2D eigenvalue weighted by atomic mass is 10.1. The fraction of sp³-hybridized carbons (Fsp3) is 0.125. The Bertz CT molecular complexity index is 926. The van der Waals surface area contributed by atoms with E-state index in [2.05, 4.69) is 10.1 Å². The molecule has 0 aliphatic heterocycles. The lowest BCUT2D eigenvalue weighted by Crippen LogP contribution is -2.16. The van der Waals surface area contributed by atoms with Crippen LogP contribution in [0.1, 0.15) is 5.69 Å². The number of H-pyrrole nitrogens is 1. The van der Waals surface area contributed by atoms with Crippen LogP contribution in [0.2, 0.25) is 5.02 Å².